The minimum atomic E-state index is -0.308. The van der Waals surface area contributed by atoms with Gasteiger partial charge in [0.2, 0.25) is 5.91 Å². The largest absolute Gasteiger partial charge is 0.325 e. The zero-order valence-electron chi connectivity index (χ0n) is 19.2. The van der Waals surface area contributed by atoms with Crippen LogP contribution < -0.4 is 10.6 Å². The maximum Gasteiger partial charge on any atom is 0.255 e. The predicted octanol–water partition coefficient (Wildman–Crippen LogP) is 7.36. The molecule has 0 aliphatic rings. The molecule has 1 atom stereocenters. The first-order valence-electron chi connectivity index (χ1n) is 10.7. The van der Waals surface area contributed by atoms with Gasteiger partial charge in [0, 0.05) is 21.4 Å². The summed E-state index contributed by atoms with van der Waals surface area (Å²) in [6.45, 7) is 7.95. The summed E-state index contributed by atoms with van der Waals surface area (Å²) < 4.78 is 2.69. The summed E-state index contributed by atoms with van der Waals surface area (Å²) in [5, 5.41) is 5.70. The van der Waals surface area contributed by atoms with Crippen LogP contribution in [0.5, 0.6) is 0 Å². The van der Waals surface area contributed by atoms with Crippen LogP contribution in [0.15, 0.2) is 63.4 Å². The minimum absolute atomic E-state index is 0.0539. The van der Waals surface area contributed by atoms with Crippen LogP contribution in [-0.4, -0.2) is 22.0 Å². The van der Waals surface area contributed by atoms with Crippen molar-refractivity contribution in [1.82, 2.24) is 4.98 Å². The Bertz CT molecular complexity index is 1360. The van der Waals surface area contributed by atoms with Crippen molar-refractivity contribution in [3.8, 4) is 0 Å². The number of carbonyl (C=O) groups excluding carboxylic acids is 2. The Morgan fingerprint density at radius 1 is 0.971 bits per heavy atom. The smallest absolute Gasteiger partial charge is 0.255 e. The molecule has 0 spiro atoms. The summed E-state index contributed by atoms with van der Waals surface area (Å²) in [5.74, 6) is -0.222. The number of hydrogen-bond donors (Lipinski definition) is 2. The normalized spacial score (nSPS) is 11.9. The standard InChI is InChI=1S/C26H24BrN3O2S2/c1-14-11-15(2)23(16(3)12-14)30-24(31)17(4)33-26-29-21-10-9-20(13-22(21)34-26)28-25(32)18-5-7-19(27)8-6-18/h5-13,17H,1-4H3,(H,28,32)(H,30,31)/t17-/m1/s1. The van der Waals surface area contributed by atoms with Crippen LogP contribution in [0.25, 0.3) is 10.2 Å². The highest BCUT2D eigenvalue weighted by atomic mass is 79.9. The molecule has 0 fully saturated rings. The van der Waals surface area contributed by atoms with Gasteiger partial charge >= 0.3 is 0 Å². The van der Waals surface area contributed by atoms with Crippen LogP contribution in [-0.2, 0) is 4.79 Å². The Hall–Kier alpha value is -2.68. The van der Waals surface area contributed by atoms with E-state index in [0.29, 0.717) is 11.3 Å². The summed E-state index contributed by atoms with van der Waals surface area (Å²) >= 11 is 6.32. The Morgan fingerprint density at radius 3 is 2.32 bits per heavy atom. The van der Waals surface area contributed by atoms with Gasteiger partial charge in [-0.25, -0.2) is 4.98 Å². The average Bonchev–Trinajstić information content (AvgIpc) is 3.17. The number of aryl methyl sites for hydroxylation is 3. The summed E-state index contributed by atoms with van der Waals surface area (Å²) in [6.07, 6.45) is 0. The van der Waals surface area contributed by atoms with E-state index >= 15 is 0 Å². The van der Waals surface area contributed by atoms with E-state index in [0.717, 1.165) is 35.8 Å². The van der Waals surface area contributed by atoms with Gasteiger partial charge in [0.15, 0.2) is 4.34 Å². The molecule has 0 radical (unpaired) electrons. The van der Waals surface area contributed by atoms with Crippen LogP contribution in [0.4, 0.5) is 11.4 Å². The molecule has 0 bridgehead atoms. The second-order valence-electron chi connectivity index (χ2n) is 8.15. The highest BCUT2D eigenvalue weighted by Crippen LogP contribution is 2.34. The number of anilines is 2. The van der Waals surface area contributed by atoms with Gasteiger partial charge in [0.25, 0.3) is 5.91 Å². The number of thioether (sulfide) groups is 1. The summed E-state index contributed by atoms with van der Waals surface area (Å²) in [6, 6.07) is 17.0. The summed E-state index contributed by atoms with van der Waals surface area (Å²) in [5.41, 5.74) is 6.30. The van der Waals surface area contributed by atoms with Crippen molar-refractivity contribution in [2.24, 2.45) is 0 Å². The van der Waals surface area contributed by atoms with Crippen molar-refractivity contribution < 1.29 is 9.59 Å². The Kier molecular flexibility index (Phi) is 7.40. The van der Waals surface area contributed by atoms with Crippen molar-refractivity contribution >= 4 is 72.4 Å². The van der Waals surface area contributed by atoms with E-state index in [-0.39, 0.29) is 17.1 Å². The topological polar surface area (TPSA) is 71.1 Å². The fourth-order valence-corrected chi connectivity index (χ4v) is 6.16. The van der Waals surface area contributed by atoms with E-state index in [1.54, 1.807) is 12.1 Å². The third-order valence-corrected chi connectivity index (χ3v) is 8.05. The molecule has 34 heavy (non-hydrogen) atoms. The number of halogens is 1. The molecule has 3 aromatic carbocycles. The quantitative estimate of drug-likeness (QED) is 0.245. The summed E-state index contributed by atoms with van der Waals surface area (Å²) in [7, 11) is 0. The molecular formula is C26H24BrN3O2S2. The fourth-order valence-electron chi connectivity index (χ4n) is 3.64. The first-order chi connectivity index (χ1) is 16.2. The molecule has 4 aromatic rings. The maximum absolute atomic E-state index is 12.8. The second kappa shape index (κ2) is 10.3. The van der Waals surface area contributed by atoms with Crippen LogP contribution in [0, 0.1) is 20.8 Å². The molecule has 0 aliphatic carbocycles. The SMILES string of the molecule is Cc1cc(C)c(NC(=O)[C@@H](C)Sc2nc3ccc(NC(=O)c4ccc(Br)cc4)cc3s2)c(C)c1. The molecule has 0 aliphatic heterocycles. The third kappa shape index (κ3) is 5.68. The first-order valence-corrected chi connectivity index (χ1v) is 13.2. The number of nitrogens with zero attached hydrogens (tertiary/aromatic N) is 1. The maximum atomic E-state index is 12.8. The highest BCUT2D eigenvalue weighted by molar-refractivity contribution is 9.10. The molecule has 2 amide bonds. The molecule has 0 saturated carbocycles. The molecular weight excluding hydrogens is 530 g/mol. The molecule has 174 valence electrons. The Morgan fingerprint density at radius 2 is 1.65 bits per heavy atom. The Balaban J connectivity index is 1.44. The highest BCUT2D eigenvalue weighted by Gasteiger charge is 2.19. The molecule has 1 heterocycles. The van der Waals surface area contributed by atoms with E-state index in [1.165, 1.54) is 28.7 Å². The number of nitrogens with one attached hydrogen (secondary N) is 2. The van der Waals surface area contributed by atoms with E-state index in [2.05, 4.69) is 50.6 Å². The van der Waals surface area contributed by atoms with Gasteiger partial charge in [-0.1, -0.05) is 45.4 Å². The van der Waals surface area contributed by atoms with Crippen molar-refractivity contribution in [3.63, 3.8) is 0 Å². The number of aromatic nitrogens is 1. The Labute approximate surface area is 215 Å². The molecule has 0 saturated heterocycles. The van der Waals surface area contributed by atoms with E-state index in [9.17, 15) is 9.59 Å². The number of rotatable bonds is 6. The van der Waals surface area contributed by atoms with Crippen molar-refractivity contribution in [2.45, 2.75) is 37.3 Å². The number of thiazole rings is 1. The van der Waals surface area contributed by atoms with Crippen LogP contribution in [0.3, 0.4) is 0 Å². The molecule has 5 nitrogen and oxygen atoms in total. The molecule has 1 aromatic heterocycles. The van der Waals surface area contributed by atoms with E-state index in [4.69, 9.17) is 0 Å². The molecule has 8 heteroatoms. The number of benzene rings is 3. The number of carbonyl (C=O) groups is 2. The van der Waals surface area contributed by atoms with Gasteiger partial charge < -0.3 is 10.6 Å². The molecule has 0 unspecified atom stereocenters. The third-order valence-electron chi connectivity index (χ3n) is 5.31. The van der Waals surface area contributed by atoms with Crippen LogP contribution in [0.2, 0.25) is 0 Å². The van der Waals surface area contributed by atoms with E-state index < -0.39 is 0 Å². The van der Waals surface area contributed by atoms with Crippen molar-refractivity contribution in [1.29, 1.82) is 0 Å². The lowest BCUT2D eigenvalue weighted by molar-refractivity contribution is -0.115. The molecule has 4 rings (SSSR count). The fraction of sp³-hybridized carbons (Fsp3) is 0.192. The van der Waals surface area contributed by atoms with Crippen molar-refractivity contribution in [3.05, 3.63) is 81.3 Å². The second-order valence-corrected chi connectivity index (χ2v) is 11.7. The lowest BCUT2D eigenvalue weighted by Crippen LogP contribution is -2.23. The van der Waals surface area contributed by atoms with Gasteiger partial charge in [-0.3, -0.25) is 9.59 Å². The number of amides is 2. The lowest BCUT2D eigenvalue weighted by atomic mass is 10.1. The van der Waals surface area contributed by atoms with E-state index in [1.807, 2.05) is 51.1 Å². The monoisotopic (exact) mass is 553 g/mol. The lowest BCUT2D eigenvalue weighted by Gasteiger charge is -2.15. The van der Waals surface area contributed by atoms with Gasteiger partial charge in [-0.05, 0) is 81.3 Å². The predicted molar refractivity (Wildman–Crippen MR) is 146 cm³/mol. The van der Waals surface area contributed by atoms with Crippen LogP contribution in [0.1, 0.15) is 34.0 Å². The molecule has 2 N–H and O–H groups in total. The number of hydrogen-bond acceptors (Lipinski definition) is 5. The number of fused-ring (bicyclic) bond motifs is 1. The minimum Gasteiger partial charge on any atom is -0.325 e. The zero-order valence-corrected chi connectivity index (χ0v) is 22.5. The van der Waals surface area contributed by atoms with Crippen LogP contribution >= 0.6 is 39.0 Å². The van der Waals surface area contributed by atoms with Crippen molar-refractivity contribution in [2.75, 3.05) is 10.6 Å². The first kappa shape index (κ1) is 24.4. The van der Waals surface area contributed by atoms with Gasteiger partial charge in [0.05, 0.1) is 15.5 Å². The zero-order chi connectivity index (χ0) is 24.4. The van der Waals surface area contributed by atoms with Gasteiger partial charge in [-0.15, -0.1) is 11.3 Å². The summed E-state index contributed by atoms with van der Waals surface area (Å²) in [4.78, 5) is 30.0. The van der Waals surface area contributed by atoms with Gasteiger partial charge in [-0.2, -0.15) is 0 Å². The average molecular weight is 555 g/mol. The van der Waals surface area contributed by atoms with Gasteiger partial charge in [0.1, 0.15) is 0 Å².